The van der Waals surface area contributed by atoms with E-state index >= 15 is 0 Å². The van der Waals surface area contributed by atoms with Gasteiger partial charge in [-0.25, -0.2) is 4.98 Å². The van der Waals surface area contributed by atoms with E-state index in [-0.39, 0.29) is 5.28 Å². The predicted molar refractivity (Wildman–Crippen MR) is 82.1 cm³/mol. The van der Waals surface area contributed by atoms with Crippen molar-refractivity contribution in [3.05, 3.63) is 48.0 Å². The van der Waals surface area contributed by atoms with Gasteiger partial charge in [0.1, 0.15) is 0 Å². The van der Waals surface area contributed by atoms with Crippen LogP contribution in [-0.4, -0.2) is 24.7 Å². The number of nitrogens with zero attached hydrogens (tertiary/aromatic N) is 5. The molecule has 0 atom stereocenters. The van der Waals surface area contributed by atoms with Gasteiger partial charge < -0.3 is 0 Å². The van der Waals surface area contributed by atoms with Gasteiger partial charge in [0.15, 0.2) is 5.65 Å². The first-order valence-corrected chi connectivity index (χ1v) is 6.80. The maximum absolute atomic E-state index is 6.04. The van der Waals surface area contributed by atoms with Gasteiger partial charge in [-0.3, -0.25) is 9.67 Å². The van der Waals surface area contributed by atoms with Gasteiger partial charge in [0.25, 0.3) is 0 Å². The van der Waals surface area contributed by atoms with Crippen LogP contribution in [0.2, 0.25) is 5.28 Å². The second kappa shape index (κ2) is 4.49. The van der Waals surface area contributed by atoms with E-state index in [4.69, 9.17) is 11.6 Å². The molecule has 0 N–H and O–H groups in total. The molecule has 0 aliphatic carbocycles. The van der Waals surface area contributed by atoms with Gasteiger partial charge in [-0.1, -0.05) is 18.2 Å². The lowest BCUT2D eigenvalue weighted by molar-refractivity contribution is 0.785. The van der Waals surface area contributed by atoms with Crippen molar-refractivity contribution in [1.29, 1.82) is 0 Å². The number of fused-ring (bicyclic) bond motifs is 2. The molecular weight excluding hydrogens is 286 g/mol. The number of rotatable bonds is 1. The van der Waals surface area contributed by atoms with Crippen LogP contribution in [0.1, 0.15) is 0 Å². The largest absolute Gasteiger partial charge is 0.256 e. The van der Waals surface area contributed by atoms with Crippen LogP contribution in [0.15, 0.2) is 42.7 Å². The van der Waals surface area contributed by atoms with E-state index in [0.717, 1.165) is 27.5 Å². The smallest absolute Gasteiger partial charge is 0.225 e. The number of aromatic nitrogens is 5. The Hall–Kier alpha value is -2.53. The second-order valence-corrected chi connectivity index (χ2v) is 5.10. The van der Waals surface area contributed by atoms with Crippen LogP contribution >= 0.6 is 11.6 Å². The van der Waals surface area contributed by atoms with Crippen molar-refractivity contribution in [2.45, 2.75) is 0 Å². The van der Waals surface area contributed by atoms with Crippen molar-refractivity contribution in [3.8, 4) is 11.3 Å². The molecule has 21 heavy (non-hydrogen) atoms. The molecule has 0 radical (unpaired) electrons. The zero-order valence-corrected chi connectivity index (χ0v) is 11.9. The summed E-state index contributed by atoms with van der Waals surface area (Å²) in [5.41, 5.74) is 3.30. The summed E-state index contributed by atoms with van der Waals surface area (Å²) in [5.74, 6) is 0. The summed E-state index contributed by atoms with van der Waals surface area (Å²) in [6.07, 6.45) is 3.55. The van der Waals surface area contributed by atoms with E-state index in [1.807, 2.05) is 37.4 Å². The number of halogens is 1. The van der Waals surface area contributed by atoms with Crippen LogP contribution < -0.4 is 0 Å². The molecule has 4 aromatic rings. The molecule has 3 heterocycles. The monoisotopic (exact) mass is 295 g/mol. The Morgan fingerprint density at radius 2 is 1.95 bits per heavy atom. The highest BCUT2D eigenvalue weighted by atomic mass is 35.5. The molecule has 5 nitrogen and oxygen atoms in total. The number of hydrogen-bond acceptors (Lipinski definition) is 4. The Balaban J connectivity index is 2.03. The van der Waals surface area contributed by atoms with E-state index < -0.39 is 0 Å². The van der Waals surface area contributed by atoms with Crippen LogP contribution in [0.5, 0.6) is 0 Å². The van der Waals surface area contributed by atoms with Gasteiger partial charge in [0.2, 0.25) is 5.28 Å². The van der Waals surface area contributed by atoms with E-state index in [1.54, 1.807) is 17.1 Å². The topological polar surface area (TPSA) is 56.5 Å². The van der Waals surface area contributed by atoms with Crippen molar-refractivity contribution in [3.63, 3.8) is 0 Å². The molecule has 0 aliphatic rings. The fourth-order valence-electron chi connectivity index (χ4n) is 2.42. The van der Waals surface area contributed by atoms with Crippen LogP contribution in [0.3, 0.4) is 0 Å². The Morgan fingerprint density at radius 3 is 2.86 bits per heavy atom. The fourth-order valence-corrected chi connectivity index (χ4v) is 2.58. The van der Waals surface area contributed by atoms with Gasteiger partial charge in [-0.15, -0.1) is 0 Å². The normalized spacial score (nSPS) is 11.3. The minimum atomic E-state index is 0.203. The van der Waals surface area contributed by atoms with Crippen molar-refractivity contribution in [2.24, 2.45) is 7.05 Å². The number of benzene rings is 1. The van der Waals surface area contributed by atoms with Gasteiger partial charge in [-0.05, 0) is 23.7 Å². The summed E-state index contributed by atoms with van der Waals surface area (Å²) in [7, 11) is 1.83. The van der Waals surface area contributed by atoms with Crippen LogP contribution in [0.4, 0.5) is 0 Å². The molecule has 102 valence electrons. The SMILES string of the molecule is Cn1ncc2c(-c3cnc4ccccc4c3)nc(Cl)nc21. The van der Waals surface area contributed by atoms with Crippen molar-refractivity contribution < 1.29 is 0 Å². The first kappa shape index (κ1) is 12.2. The third-order valence-electron chi connectivity index (χ3n) is 3.43. The molecule has 0 saturated carbocycles. The predicted octanol–water partition coefficient (Wildman–Crippen LogP) is 3.23. The number of aryl methyl sites for hydroxylation is 1. The quantitative estimate of drug-likeness (QED) is 0.506. The van der Waals surface area contributed by atoms with Crippen LogP contribution in [-0.2, 0) is 7.05 Å². The summed E-state index contributed by atoms with van der Waals surface area (Å²) >= 11 is 6.04. The first-order chi connectivity index (χ1) is 10.2. The highest BCUT2D eigenvalue weighted by Crippen LogP contribution is 2.28. The lowest BCUT2D eigenvalue weighted by Crippen LogP contribution is -1.95. The maximum Gasteiger partial charge on any atom is 0.225 e. The number of para-hydroxylation sites is 1. The highest BCUT2D eigenvalue weighted by molar-refractivity contribution is 6.28. The highest BCUT2D eigenvalue weighted by Gasteiger charge is 2.13. The minimum absolute atomic E-state index is 0.203. The summed E-state index contributed by atoms with van der Waals surface area (Å²) in [4.78, 5) is 13.0. The molecule has 4 rings (SSSR count). The van der Waals surface area contributed by atoms with Gasteiger partial charge in [0.05, 0.1) is 22.8 Å². The molecular formula is C15H10ClN5. The molecule has 0 saturated heterocycles. The molecule has 6 heteroatoms. The lowest BCUT2D eigenvalue weighted by Gasteiger charge is -2.05. The summed E-state index contributed by atoms with van der Waals surface area (Å²) in [6.45, 7) is 0. The first-order valence-electron chi connectivity index (χ1n) is 6.43. The standard InChI is InChI=1S/C15H10ClN5/c1-21-14-11(8-18-21)13(19-15(16)20-14)10-6-9-4-2-3-5-12(9)17-7-10/h2-8H,1H3. The zero-order chi connectivity index (χ0) is 14.4. The summed E-state index contributed by atoms with van der Waals surface area (Å²) in [6, 6.07) is 10.0. The molecule has 0 bridgehead atoms. The number of pyridine rings is 1. The van der Waals surface area contributed by atoms with Crippen LogP contribution in [0.25, 0.3) is 33.2 Å². The number of hydrogen-bond donors (Lipinski definition) is 0. The Kier molecular flexibility index (Phi) is 2.62. The second-order valence-electron chi connectivity index (χ2n) is 4.76. The van der Waals surface area contributed by atoms with Crippen molar-refractivity contribution >= 4 is 33.5 Å². The van der Waals surface area contributed by atoms with E-state index in [2.05, 4.69) is 20.1 Å². The van der Waals surface area contributed by atoms with Crippen molar-refractivity contribution in [1.82, 2.24) is 24.7 Å². The van der Waals surface area contributed by atoms with E-state index in [1.165, 1.54) is 0 Å². The zero-order valence-electron chi connectivity index (χ0n) is 11.2. The minimum Gasteiger partial charge on any atom is -0.256 e. The van der Waals surface area contributed by atoms with Crippen molar-refractivity contribution in [2.75, 3.05) is 0 Å². The third-order valence-corrected chi connectivity index (χ3v) is 3.60. The summed E-state index contributed by atoms with van der Waals surface area (Å²) in [5, 5.41) is 6.34. The summed E-state index contributed by atoms with van der Waals surface area (Å²) < 4.78 is 1.68. The molecule has 0 spiro atoms. The Bertz CT molecular complexity index is 976. The van der Waals surface area contributed by atoms with Gasteiger partial charge in [-0.2, -0.15) is 10.1 Å². The fraction of sp³-hybridized carbons (Fsp3) is 0.0667. The molecule has 0 unspecified atom stereocenters. The molecule has 1 aromatic carbocycles. The third kappa shape index (κ3) is 1.94. The van der Waals surface area contributed by atoms with Crippen LogP contribution in [0, 0.1) is 0 Å². The molecule has 0 amide bonds. The lowest BCUT2D eigenvalue weighted by atomic mass is 10.1. The molecule has 3 aromatic heterocycles. The van der Waals surface area contributed by atoms with E-state index in [9.17, 15) is 0 Å². The average molecular weight is 296 g/mol. The Labute approximate surface area is 125 Å². The molecule has 0 aliphatic heterocycles. The van der Waals surface area contributed by atoms with E-state index in [0.29, 0.717) is 5.65 Å². The van der Waals surface area contributed by atoms with Gasteiger partial charge >= 0.3 is 0 Å². The van der Waals surface area contributed by atoms with Gasteiger partial charge in [0, 0.05) is 24.2 Å². The average Bonchev–Trinajstić information content (AvgIpc) is 2.87. The maximum atomic E-state index is 6.04. The Morgan fingerprint density at radius 1 is 1.10 bits per heavy atom. The molecule has 0 fully saturated rings.